The molecule has 202 valence electrons. The number of aryl methyl sites for hydroxylation is 1. The minimum absolute atomic E-state index is 0.0528. The van der Waals surface area contributed by atoms with Crippen LogP contribution in [0.3, 0.4) is 0 Å². The summed E-state index contributed by atoms with van der Waals surface area (Å²) < 4.78 is 29.9. The number of urea groups is 1. The summed E-state index contributed by atoms with van der Waals surface area (Å²) in [6.45, 7) is 2.67. The van der Waals surface area contributed by atoms with Crippen molar-refractivity contribution >= 4 is 27.6 Å². The van der Waals surface area contributed by atoms with Gasteiger partial charge >= 0.3 is 6.03 Å². The lowest BCUT2D eigenvalue weighted by Crippen LogP contribution is -2.55. The summed E-state index contributed by atoms with van der Waals surface area (Å²) in [7, 11) is -1.82. The van der Waals surface area contributed by atoms with Crippen molar-refractivity contribution in [1.29, 1.82) is 0 Å². The summed E-state index contributed by atoms with van der Waals surface area (Å²) in [5.41, 5.74) is 3.29. The number of amidine groups is 1. The SMILES string of the molecule is COc1ccccc1C1=NC(c2ccc(S(C)(=O)=O)cc2)C(c2cccc(C)c2)N1C(=O)N1CCNC(=O)C1. The summed E-state index contributed by atoms with van der Waals surface area (Å²) in [6.07, 6.45) is 1.17. The van der Waals surface area contributed by atoms with Gasteiger partial charge in [-0.05, 0) is 42.3 Å². The van der Waals surface area contributed by atoms with Gasteiger partial charge < -0.3 is 15.0 Å². The number of carbonyl (C=O) groups is 2. The second kappa shape index (κ2) is 10.5. The van der Waals surface area contributed by atoms with Gasteiger partial charge in [-0.1, -0.05) is 54.1 Å². The zero-order valence-electron chi connectivity index (χ0n) is 22.0. The molecule has 0 radical (unpaired) electrons. The molecule has 0 saturated carbocycles. The fourth-order valence-electron chi connectivity index (χ4n) is 5.08. The molecule has 2 aliphatic heterocycles. The molecule has 39 heavy (non-hydrogen) atoms. The van der Waals surface area contributed by atoms with E-state index in [1.54, 1.807) is 36.3 Å². The van der Waals surface area contributed by atoms with E-state index in [0.29, 0.717) is 30.2 Å². The largest absolute Gasteiger partial charge is 0.496 e. The highest BCUT2D eigenvalue weighted by molar-refractivity contribution is 7.90. The second-order valence-corrected chi connectivity index (χ2v) is 11.7. The van der Waals surface area contributed by atoms with Crippen LogP contribution >= 0.6 is 0 Å². The number of carbonyl (C=O) groups excluding carboxylic acids is 2. The van der Waals surface area contributed by atoms with Gasteiger partial charge in [0.05, 0.1) is 23.6 Å². The number of hydrogen-bond donors (Lipinski definition) is 1. The van der Waals surface area contributed by atoms with Crippen molar-refractivity contribution in [1.82, 2.24) is 15.1 Å². The highest BCUT2D eigenvalue weighted by Crippen LogP contribution is 2.45. The van der Waals surface area contributed by atoms with E-state index in [4.69, 9.17) is 9.73 Å². The number of ether oxygens (including phenoxy) is 1. The highest BCUT2D eigenvalue weighted by atomic mass is 32.2. The van der Waals surface area contributed by atoms with Crippen LogP contribution in [-0.4, -0.2) is 69.0 Å². The molecule has 2 aliphatic rings. The quantitative estimate of drug-likeness (QED) is 0.527. The van der Waals surface area contributed by atoms with Gasteiger partial charge in [0, 0.05) is 19.3 Å². The Labute approximate surface area is 228 Å². The predicted octanol–water partition coefficient (Wildman–Crippen LogP) is 3.50. The van der Waals surface area contributed by atoms with Crippen molar-refractivity contribution in [2.24, 2.45) is 4.99 Å². The van der Waals surface area contributed by atoms with E-state index in [1.165, 1.54) is 11.2 Å². The summed E-state index contributed by atoms with van der Waals surface area (Å²) >= 11 is 0. The standard InChI is InChI=1S/C29H30N4O5S/c1-19-7-6-8-21(17-19)27-26(20-11-13-22(14-12-20)39(3,36)37)31-28(23-9-4-5-10-24(23)38-2)33(27)29(35)32-16-15-30-25(34)18-32/h4-14,17,26-27H,15-16,18H2,1-3H3,(H,30,34). The zero-order valence-corrected chi connectivity index (χ0v) is 22.8. The Balaban J connectivity index is 1.70. The zero-order chi connectivity index (χ0) is 27.7. The summed E-state index contributed by atoms with van der Waals surface area (Å²) in [4.78, 5) is 34.9. The van der Waals surface area contributed by atoms with Gasteiger partial charge in [-0.15, -0.1) is 0 Å². The van der Waals surface area contributed by atoms with Gasteiger partial charge in [0.2, 0.25) is 5.91 Å². The lowest BCUT2D eigenvalue weighted by atomic mass is 9.93. The van der Waals surface area contributed by atoms with E-state index in [1.807, 2.05) is 55.5 Å². The maximum atomic E-state index is 14.2. The first-order valence-electron chi connectivity index (χ1n) is 12.6. The summed E-state index contributed by atoms with van der Waals surface area (Å²) in [5.74, 6) is 0.762. The average molecular weight is 547 g/mol. The third-order valence-electron chi connectivity index (χ3n) is 6.96. The normalized spacial score (nSPS) is 19.5. The molecule has 2 heterocycles. The average Bonchev–Trinajstić information content (AvgIpc) is 3.32. The summed E-state index contributed by atoms with van der Waals surface area (Å²) in [5, 5.41) is 2.77. The Morgan fingerprint density at radius 2 is 1.77 bits per heavy atom. The number of rotatable bonds is 5. The Morgan fingerprint density at radius 3 is 2.44 bits per heavy atom. The van der Waals surface area contributed by atoms with Crippen molar-refractivity contribution in [2.75, 3.05) is 33.0 Å². The van der Waals surface area contributed by atoms with E-state index in [2.05, 4.69) is 5.32 Å². The molecule has 1 saturated heterocycles. The molecule has 0 aromatic heterocycles. The van der Waals surface area contributed by atoms with Crippen LogP contribution in [0.5, 0.6) is 5.75 Å². The van der Waals surface area contributed by atoms with Gasteiger partial charge in [-0.3, -0.25) is 14.7 Å². The van der Waals surface area contributed by atoms with Gasteiger partial charge in [-0.2, -0.15) is 0 Å². The number of para-hydroxylation sites is 1. The number of piperazine rings is 1. The van der Waals surface area contributed by atoms with Crippen LogP contribution in [0.2, 0.25) is 0 Å². The minimum Gasteiger partial charge on any atom is -0.496 e. The van der Waals surface area contributed by atoms with Crippen LogP contribution in [0.4, 0.5) is 4.79 Å². The number of amides is 3. The molecular weight excluding hydrogens is 516 g/mol. The molecule has 3 aromatic rings. The number of aliphatic imine (C=N–C) groups is 1. The maximum Gasteiger partial charge on any atom is 0.326 e. The Bertz CT molecular complexity index is 1550. The lowest BCUT2D eigenvalue weighted by molar-refractivity contribution is -0.123. The van der Waals surface area contributed by atoms with E-state index in [9.17, 15) is 18.0 Å². The van der Waals surface area contributed by atoms with Crippen molar-refractivity contribution in [2.45, 2.75) is 23.9 Å². The lowest BCUT2D eigenvalue weighted by Gasteiger charge is -2.35. The molecule has 2 unspecified atom stereocenters. The van der Waals surface area contributed by atoms with Crippen molar-refractivity contribution < 1.29 is 22.7 Å². The number of nitrogens with one attached hydrogen (secondary N) is 1. The van der Waals surface area contributed by atoms with Gasteiger partial charge in [0.1, 0.15) is 24.2 Å². The first kappa shape index (κ1) is 26.4. The molecule has 0 spiro atoms. The molecule has 0 aliphatic carbocycles. The molecule has 2 atom stereocenters. The molecule has 10 heteroatoms. The third kappa shape index (κ3) is 5.24. The molecule has 3 amide bonds. The topological polar surface area (TPSA) is 108 Å². The Kier molecular flexibility index (Phi) is 7.14. The smallest absolute Gasteiger partial charge is 0.326 e. The van der Waals surface area contributed by atoms with E-state index < -0.39 is 21.9 Å². The number of benzene rings is 3. The number of hydrogen-bond acceptors (Lipinski definition) is 6. The van der Waals surface area contributed by atoms with E-state index in [0.717, 1.165) is 16.7 Å². The van der Waals surface area contributed by atoms with Gasteiger partial charge in [0.15, 0.2) is 9.84 Å². The number of nitrogens with zero attached hydrogens (tertiary/aromatic N) is 3. The third-order valence-corrected chi connectivity index (χ3v) is 8.09. The monoisotopic (exact) mass is 546 g/mol. The van der Waals surface area contributed by atoms with Crippen LogP contribution in [0.15, 0.2) is 82.7 Å². The minimum atomic E-state index is -3.38. The van der Waals surface area contributed by atoms with Crippen LogP contribution in [-0.2, 0) is 14.6 Å². The molecule has 5 rings (SSSR count). The molecule has 1 N–H and O–H groups in total. The number of sulfone groups is 1. The van der Waals surface area contributed by atoms with Gasteiger partial charge in [0.25, 0.3) is 0 Å². The van der Waals surface area contributed by atoms with E-state index in [-0.39, 0.29) is 23.4 Å². The first-order valence-corrected chi connectivity index (χ1v) is 14.5. The molecular formula is C29H30N4O5S. The fraction of sp³-hybridized carbons (Fsp3) is 0.276. The Hall–Kier alpha value is -4.18. The molecule has 0 bridgehead atoms. The molecule has 1 fully saturated rings. The highest BCUT2D eigenvalue weighted by Gasteiger charge is 2.45. The van der Waals surface area contributed by atoms with Crippen LogP contribution in [0, 0.1) is 6.92 Å². The van der Waals surface area contributed by atoms with Crippen molar-refractivity contribution in [3.63, 3.8) is 0 Å². The van der Waals surface area contributed by atoms with Crippen molar-refractivity contribution in [3.05, 3.63) is 95.1 Å². The fourth-order valence-corrected chi connectivity index (χ4v) is 5.71. The first-order chi connectivity index (χ1) is 18.7. The molecule has 3 aromatic carbocycles. The van der Waals surface area contributed by atoms with Crippen molar-refractivity contribution in [3.8, 4) is 5.75 Å². The molecule has 9 nitrogen and oxygen atoms in total. The van der Waals surface area contributed by atoms with Crippen LogP contribution in [0.25, 0.3) is 0 Å². The Morgan fingerprint density at radius 1 is 1.03 bits per heavy atom. The maximum absolute atomic E-state index is 14.2. The van der Waals surface area contributed by atoms with Gasteiger partial charge in [-0.25, -0.2) is 13.2 Å². The summed E-state index contributed by atoms with van der Waals surface area (Å²) in [6, 6.07) is 20.5. The van der Waals surface area contributed by atoms with Crippen LogP contribution < -0.4 is 10.1 Å². The van der Waals surface area contributed by atoms with Crippen LogP contribution in [0.1, 0.15) is 34.3 Å². The predicted molar refractivity (Wildman–Crippen MR) is 148 cm³/mol. The number of methoxy groups -OCH3 is 1. The van der Waals surface area contributed by atoms with E-state index >= 15 is 0 Å². The second-order valence-electron chi connectivity index (χ2n) is 9.72.